The average molecular weight is 264 g/mol. The van der Waals surface area contributed by atoms with Gasteiger partial charge < -0.3 is 4.74 Å². The largest absolute Gasteiger partial charge is 0.465 e. The van der Waals surface area contributed by atoms with Gasteiger partial charge in [0.25, 0.3) is 0 Å². The molecule has 0 aromatic rings. The number of carbonyl (C=O) groups is 1. The Bertz CT molecular complexity index is 375. The molecule has 0 aliphatic rings. The molecule has 98 valence electrons. The number of nitrogens with one attached hydrogen (secondary N) is 1. The highest BCUT2D eigenvalue weighted by Gasteiger charge is 2.16. The molecule has 0 rings (SSSR count). The molecular formula is C8H16N4O4S. The van der Waals surface area contributed by atoms with Crippen LogP contribution in [-0.4, -0.2) is 39.8 Å². The van der Waals surface area contributed by atoms with Gasteiger partial charge in [0.1, 0.15) is 0 Å². The summed E-state index contributed by atoms with van der Waals surface area (Å²) in [6.45, 7) is 2.30. The first-order valence-electron chi connectivity index (χ1n) is 5.15. The summed E-state index contributed by atoms with van der Waals surface area (Å²) in [6, 6.07) is 0. The second kappa shape index (κ2) is 8.80. The molecule has 0 aliphatic carbocycles. The third kappa shape index (κ3) is 9.61. The average Bonchev–Trinajstić information content (AvgIpc) is 2.22. The Morgan fingerprint density at radius 2 is 2.18 bits per heavy atom. The molecule has 8 nitrogen and oxygen atoms in total. The third-order valence-electron chi connectivity index (χ3n) is 1.68. The van der Waals surface area contributed by atoms with Crippen LogP contribution in [0.4, 0.5) is 0 Å². The monoisotopic (exact) mass is 264 g/mol. The third-order valence-corrected chi connectivity index (χ3v) is 2.94. The number of sulfonamides is 1. The number of hydrogen-bond donors (Lipinski definition) is 1. The molecule has 0 spiro atoms. The number of rotatable bonds is 9. The van der Waals surface area contributed by atoms with Gasteiger partial charge in [0.2, 0.25) is 10.0 Å². The van der Waals surface area contributed by atoms with Gasteiger partial charge in [-0.2, -0.15) is 0 Å². The van der Waals surface area contributed by atoms with Crippen molar-refractivity contribution in [2.24, 2.45) is 5.11 Å². The van der Waals surface area contributed by atoms with Crippen molar-refractivity contribution in [3.8, 4) is 0 Å². The van der Waals surface area contributed by atoms with E-state index < -0.39 is 21.7 Å². The van der Waals surface area contributed by atoms with Crippen molar-refractivity contribution in [2.45, 2.75) is 19.8 Å². The minimum atomic E-state index is -3.62. The number of carbonyl (C=O) groups excluding carboxylic acids is 1. The number of unbranched alkanes of at least 4 members (excludes halogenated alkanes) is 1. The fourth-order valence-electron chi connectivity index (χ4n) is 0.989. The van der Waals surface area contributed by atoms with Crippen LogP contribution in [0, 0.1) is 0 Å². The van der Waals surface area contributed by atoms with E-state index in [2.05, 4.69) is 19.5 Å². The Balaban J connectivity index is 3.78. The molecule has 0 saturated carbocycles. The maximum absolute atomic E-state index is 11.3. The molecule has 0 aromatic carbocycles. The van der Waals surface area contributed by atoms with Gasteiger partial charge in [0.05, 0.1) is 6.61 Å². The van der Waals surface area contributed by atoms with E-state index in [0.717, 1.165) is 0 Å². The molecule has 17 heavy (non-hydrogen) atoms. The summed E-state index contributed by atoms with van der Waals surface area (Å²) in [6.07, 6.45) is 1.13. The van der Waals surface area contributed by atoms with Crippen molar-refractivity contribution in [1.82, 2.24) is 4.72 Å². The summed E-state index contributed by atoms with van der Waals surface area (Å²) < 4.78 is 29.4. The lowest BCUT2D eigenvalue weighted by Gasteiger charge is -2.05. The van der Waals surface area contributed by atoms with Crippen molar-refractivity contribution in [1.29, 1.82) is 0 Å². The SMILES string of the molecule is CCOC(=O)CS(=O)(=O)NCCCCN=[N+]=[N-]. The van der Waals surface area contributed by atoms with Gasteiger partial charge in [-0.25, -0.2) is 13.1 Å². The highest BCUT2D eigenvalue weighted by molar-refractivity contribution is 7.90. The number of esters is 1. The van der Waals surface area contributed by atoms with Crippen LogP contribution in [0.15, 0.2) is 5.11 Å². The van der Waals surface area contributed by atoms with Crippen molar-refractivity contribution >= 4 is 16.0 Å². The lowest BCUT2D eigenvalue weighted by atomic mass is 10.3. The van der Waals surface area contributed by atoms with Gasteiger partial charge in [-0.1, -0.05) is 5.11 Å². The number of hydrogen-bond acceptors (Lipinski definition) is 5. The highest BCUT2D eigenvalue weighted by atomic mass is 32.2. The number of nitrogens with zero attached hydrogens (tertiary/aromatic N) is 3. The molecule has 0 radical (unpaired) electrons. The van der Waals surface area contributed by atoms with E-state index in [1.807, 2.05) is 0 Å². The van der Waals surface area contributed by atoms with Gasteiger partial charge >= 0.3 is 5.97 Å². The minimum absolute atomic E-state index is 0.153. The molecular weight excluding hydrogens is 248 g/mol. The van der Waals surface area contributed by atoms with Crippen molar-refractivity contribution in [3.63, 3.8) is 0 Å². The molecule has 0 amide bonds. The van der Waals surface area contributed by atoms with E-state index in [1.165, 1.54) is 0 Å². The molecule has 0 fully saturated rings. The van der Waals surface area contributed by atoms with E-state index in [0.29, 0.717) is 19.4 Å². The molecule has 0 aromatic heterocycles. The summed E-state index contributed by atoms with van der Waals surface area (Å²) in [5.74, 6) is -1.44. The molecule has 0 atom stereocenters. The smallest absolute Gasteiger partial charge is 0.322 e. The fourth-order valence-corrected chi connectivity index (χ4v) is 1.94. The first-order chi connectivity index (χ1) is 8.02. The van der Waals surface area contributed by atoms with Crippen LogP contribution in [0.5, 0.6) is 0 Å². The van der Waals surface area contributed by atoms with Crippen LogP contribution >= 0.6 is 0 Å². The maximum atomic E-state index is 11.3. The van der Waals surface area contributed by atoms with Gasteiger partial charge in [0, 0.05) is 18.0 Å². The second-order valence-electron chi connectivity index (χ2n) is 3.12. The van der Waals surface area contributed by atoms with E-state index in [1.54, 1.807) is 6.92 Å². The Morgan fingerprint density at radius 3 is 2.76 bits per heavy atom. The lowest BCUT2D eigenvalue weighted by molar-refractivity contribution is -0.139. The highest BCUT2D eigenvalue weighted by Crippen LogP contribution is 1.92. The van der Waals surface area contributed by atoms with Gasteiger partial charge in [-0.3, -0.25) is 4.79 Å². The van der Waals surface area contributed by atoms with Crippen molar-refractivity contribution in [3.05, 3.63) is 10.4 Å². The van der Waals surface area contributed by atoms with Crippen LogP contribution in [0.3, 0.4) is 0 Å². The van der Waals surface area contributed by atoms with Crippen LogP contribution in [0.1, 0.15) is 19.8 Å². The normalized spacial score (nSPS) is 10.6. The topological polar surface area (TPSA) is 121 Å². The van der Waals surface area contributed by atoms with E-state index in [4.69, 9.17) is 5.53 Å². The zero-order valence-electron chi connectivity index (χ0n) is 9.63. The zero-order chi connectivity index (χ0) is 13.1. The molecule has 0 bridgehead atoms. The first-order valence-corrected chi connectivity index (χ1v) is 6.81. The van der Waals surface area contributed by atoms with Crippen molar-refractivity contribution < 1.29 is 17.9 Å². The van der Waals surface area contributed by atoms with Gasteiger partial charge in [-0.15, -0.1) is 0 Å². The fraction of sp³-hybridized carbons (Fsp3) is 0.875. The lowest BCUT2D eigenvalue weighted by Crippen LogP contribution is -2.31. The van der Waals surface area contributed by atoms with Crippen molar-refractivity contribution in [2.75, 3.05) is 25.4 Å². The standard InChI is InChI=1S/C8H16N4O4S/c1-2-16-8(13)7-17(14,15)11-6-4-3-5-10-12-9/h11H,2-7H2,1H3. The van der Waals surface area contributed by atoms with E-state index in [9.17, 15) is 13.2 Å². The Kier molecular flexibility index (Phi) is 8.12. The van der Waals surface area contributed by atoms with Crippen LogP contribution in [0.25, 0.3) is 10.4 Å². The molecule has 0 unspecified atom stereocenters. The minimum Gasteiger partial charge on any atom is -0.465 e. The Labute approximate surface area is 100 Å². The van der Waals surface area contributed by atoms with Gasteiger partial charge in [0.15, 0.2) is 5.75 Å². The van der Waals surface area contributed by atoms with Crippen LogP contribution < -0.4 is 4.72 Å². The Hall–Kier alpha value is -1.31. The van der Waals surface area contributed by atoms with Crippen LogP contribution in [0.2, 0.25) is 0 Å². The molecule has 0 saturated heterocycles. The van der Waals surface area contributed by atoms with E-state index in [-0.39, 0.29) is 13.2 Å². The number of ether oxygens (including phenoxy) is 1. The van der Waals surface area contributed by atoms with Crippen LogP contribution in [-0.2, 0) is 19.6 Å². The quantitative estimate of drug-likeness (QED) is 0.215. The molecule has 1 N–H and O–H groups in total. The summed E-state index contributed by atoms with van der Waals surface area (Å²) >= 11 is 0. The predicted octanol–water partition coefficient (Wildman–Crippen LogP) is 0.559. The maximum Gasteiger partial charge on any atom is 0.322 e. The molecule has 0 aliphatic heterocycles. The zero-order valence-corrected chi connectivity index (χ0v) is 10.4. The molecule has 0 heterocycles. The molecule has 9 heteroatoms. The van der Waals surface area contributed by atoms with E-state index >= 15 is 0 Å². The summed E-state index contributed by atoms with van der Waals surface area (Å²) in [5.41, 5.74) is 8.00. The summed E-state index contributed by atoms with van der Waals surface area (Å²) in [7, 11) is -3.62. The van der Waals surface area contributed by atoms with Gasteiger partial charge in [-0.05, 0) is 25.3 Å². The summed E-state index contributed by atoms with van der Waals surface area (Å²) in [5, 5.41) is 3.31. The second-order valence-corrected chi connectivity index (χ2v) is 4.93. The first kappa shape index (κ1) is 15.7. The predicted molar refractivity (Wildman–Crippen MR) is 61.7 cm³/mol. The Morgan fingerprint density at radius 1 is 1.47 bits per heavy atom. The number of azide groups is 1. The summed E-state index contributed by atoms with van der Waals surface area (Å²) in [4.78, 5) is 13.5.